The fourth-order valence-electron chi connectivity index (χ4n) is 3.08. The number of alkyl halides is 3. The molecule has 11 heteroatoms. The van der Waals surface area contributed by atoms with Crippen molar-refractivity contribution in [3.05, 3.63) is 47.4 Å². The highest BCUT2D eigenvalue weighted by Gasteiger charge is 2.58. The fraction of sp³-hybridized carbons (Fsp3) is 0.450. The highest BCUT2D eigenvalue weighted by atomic mass is 32.2. The van der Waals surface area contributed by atoms with Crippen LogP contribution in [0.5, 0.6) is 0 Å². The van der Waals surface area contributed by atoms with Crippen molar-refractivity contribution in [1.82, 2.24) is 4.31 Å². The molecule has 1 aromatic heterocycles. The maximum atomic E-state index is 13.6. The van der Waals surface area contributed by atoms with Gasteiger partial charge in [-0.2, -0.15) is 17.5 Å². The number of amides is 1. The van der Waals surface area contributed by atoms with Gasteiger partial charge in [0.2, 0.25) is 21.5 Å². The Hall–Kier alpha value is -2.37. The first-order valence-electron chi connectivity index (χ1n) is 9.53. The molecule has 0 bridgehead atoms. The summed E-state index contributed by atoms with van der Waals surface area (Å²) in [6, 6.07) is 6.20. The number of nitrogens with one attached hydrogen (secondary N) is 1. The highest BCUT2D eigenvalue weighted by molar-refractivity contribution is 7.89. The Morgan fingerprint density at radius 3 is 2.23 bits per heavy atom. The first-order valence-corrected chi connectivity index (χ1v) is 11.0. The molecule has 2 aromatic rings. The number of nitrogens with zero attached hydrogens (tertiary/aromatic N) is 1. The third kappa shape index (κ3) is 5.10. The first-order chi connectivity index (χ1) is 14.3. The molecule has 1 amide bonds. The van der Waals surface area contributed by atoms with E-state index in [0.29, 0.717) is 5.56 Å². The molecule has 0 spiro atoms. The van der Waals surface area contributed by atoms with Crippen LogP contribution in [-0.2, 0) is 20.4 Å². The predicted molar refractivity (Wildman–Crippen MR) is 108 cm³/mol. The Balaban J connectivity index is 2.33. The van der Waals surface area contributed by atoms with Gasteiger partial charge in [-0.3, -0.25) is 4.79 Å². The van der Waals surface area contributed by atoms with E-state index in [9.17, 15) is 31.5 Å². The number of carbonyl (C=O) groups is 1. The number of hydrogen-bond acceptors (Lipinski definition) is 5. The maximum absolute atomic E-state index is 13.6. The molecule has 7 nitrogen and oxygen atoms in total. The molecule has 172 valence electrons. The number of carbonyl (C=O) groups excluding carboxylic acids is 1. The van der Waals surface area contributed by atoms with E-state index in [0.717, 1.165) is 6.07 Å². The number of benzene rings is 1. The first kappa shape index (κ1) is 24.9. The Labute approximate surface area is 178 Å². The van der Waals surface area contributed by atoms with Crippen molar-refractivity contribution in [3.63, 3.8) is 0 Å². The summed E-state index contributed by atoms with van der Waals surface area (Å²) < 4.78 is 72.5. The summed E-state index contributed by atoms with van der Waals surface area (Å²) in [5, 5.41) is 12.5. The Bertz CT molecular complexity index is 1050. The summed E-state index contributed by atoms with van der Waals surface area (Å²) in [5.74, 6) is -1.83. The molecule has 0 unspecified atom stereocenters. The number of aryl methyl sites for hydroxylation is 2. The standard InChI is InChI=1S/C20H25F3N2O5S/c1-5-25(6-2)31(28,29)16-11-15(9-7-13(16)3)24-18(26)12-19(27,20(21,22)23)17-10-8-14(4)30-17/h7-11,27H,5-6,12H2,1-4H3,(H,24,26)/t19-/m0/s1. The zero-order chi connectivity index (χ0) is 23.6. The van der Waals surface area contributed by atoms with Crippen molar-refractivity contribution in [2.24, 2.45) is 0 Å². The zero-order valence-electron chi connectivity index (χ0n) is 17.6. The molecule has 2 rings (SSSR count). The van der Waals surface area contributed by atoms with Gasteiger partial charge in [0.1, 0.15) is 11.5 Å². The van der Waals surface area contributed by atoms with Crippen LogP contribution in [0.15, 0.2) is 39.6 Å². The molecular formula is C20H25F3N2O5S. The predicted octanol–water partition coefficient (Wildman–Crippen LogP) is 3.71. The highest BCUT2D eigenvalue weighted by Crippen LogP contribution is 2.42. The van der Waals surface area contributed by atoms with Crippen LogP contribution in [0.1, 0.15) is 37.4 Å². The minimum Gasteiger partial charge on any atom is -0.463 e. The van der Waals surface area contributed by atoms with E-state index >= 15 is 0 Å². The summed E-state index contributed by atoms with van der Waals surface area (Å²) in [6.45, 7) is 6.80. The van der Waals surface area contributed by atoms with Crippen LogP contribution in [0.25, 0.3) is 0 Å². The molecule has 1 heterocycles. The van der Waals surface area contributed by atoms with Gasteiger partial charge in [0.05, 0.1) is 11.3 Å². The van der Waals surface area contributed by atoms with Crippen molar-refractivity contribution >= 4 is 21.6 Å². The van der Waals surface area contributed by atoms with Crippen molar-refractivity contribution in [2.75, 3.05) is 18.4 Å². The van der Waals surface area contributed by atoms with Gasteiger partial charge in [0, 0.05) is 18.8 Å². The molecule has 0 aliphatic heterocycles. The number of aliphatic hydroxyl groups is 1. The summed E-state index contributed by atoms with van der Waals surface area (Å²) >= 11 is 0. The number of anilines is 1. The van der Waals surface area contributed by atoms with Crippen LogP contribution < -0.4 is 5.32 Å². The minimum atomic E-state index is -5.18. The van der Waals surface area contributed by atoms with Crippen LogP contribution >= 0.6 is 0 Å². The molecule has 0 saturated heterocycles. The summed E-state index contributed by atoms with van der Waals surface area (Å²) in [7, 11) is -3.85. The lowest BCUT2D eigenvalue weighted by Crippen LogP contribution is -2.44. The second-order valence-electron chi connectivity index (χ2n) is 7.06. The quantitative estimate of drug-likeness (QED) is 0.623. The lowest BCUT2D eigenvalue weighted by Gasteiger charge is -2.28. The summed E-state index contributed by atoms with van der Waals surface area (Å²) in [5.41, 5.74) is -3.13. The second-order valence-corrected chi connectivity index (χ2v) is 8.97. The van der Waals surface area contributed by atoms with Crippen LogP contribution in [0.2, 0.25) is 0 Å². The summed E-state index contributed by atoms with van der Waals surface area (Å²) in [4.78, 5) is 12.3. The van der Waals surface area contributed by atoms with E-state index in [2.05, 4.69) is 5.32 Å². The van der Waals surface area contributed by atoms with Gasteiger partial charge in [-0.1, -0.05) is 19.9 Å². The molecule has 31 heavy (non-hydrogen) atoms. The molecule has 0 radical (unpaired) electrons. The third-order valence-corrected chi connectivity index (χ3v) is 7.02. The molecule has 0 fully saturated rings. The van der Waals surface area contributed by atoms with E-state index in [-0.39, 0.29) is 29.4 Å². The number of rotatable bonds is 8. The number of furan rings is 1. The van der Waals surface area contributed by atoms with E-state index in [1.165, 1.54) is 35.5 Å². The van der Waals surface area contributed by atoms with Crippen molar-refractivity contribution < 1.29 is 35.9 Å². The van der Waals surface area contributed by atoms with E-state index in [4.69, 9.17) is 4.42 Å². The zero-order valence-corrected chi connectivity index (χ0v) is 18.4. The molecule has 0 aliphatic rings. The average Bonchev–Trinajstić information content (AvgIpc) is 3.09. The van der Waals surface area contributed by atoms with Gasteiger partial charge in [-0.25, -0.2) is 8.42 Å². The average molecular weight is 462 g/mol. The van der Waals surface area contributed by atoms with Crippen molar-refractivity contribution in [2.45, 2.75) is 50.8 Å². The van der Waals surface area contributed by atoms with E-state index in [1.807, 2.05) is 0 Å². The fourth-order valence-corrected chi connectivity index (χ4v) is 4.79. The third-order valence-electron chi connectivity index (χ3n) is 4.83. The molecular weight excluding hydrogens is 437 g/mol. The molecule has 1 aromatic carbocycles. The van der Waals surface area contributed by atoms with Crippen LogP contribution in [0, 0.1) is 13.8 Å². The normalized spacial score (nSPS) is 14.5. The number of hydrogen-bond donors (Lipinski definition) is 2. The van der Waals surface area contributed by atoms with Crippen molar-refractivity contribution in [1.29, 1.82) is 0 Å². The van der Waals surface area contributed by atoms with Crippen LogP contribution in [0.3, 0.4) is 0 Å². The Morgan fingerprint density at radius 2 is 1.74 bits per heavy atom. The van der Waals surface area contributed by atoms with Gasteiger partial charge in [0.25, 0.3) is 0 Å². The summed E-state index contributed by atoms with van der Waals surface area (Å²) in [6.07, 6.45) is -6.55. The largest absolute Gasteiger partial charge is 0.463 e. The van der Waals surface area contributed by atoms with Gasteiger partial charge in [-0.15, -0.1) is 0 Å². The SMILES string of the molecule is CCN(CC)S(=O)(=O)c1cc(NC(=O)C[C@](O)(c2ccc(C)o2)C(F)(F)F)ccc1C. The van der Waals surface area contributed by atoms with Crippen LogP contribution in [-0.4, -0.2) is 43.0 Å². The Kier molecular flexibility index (Phi) is 7.24. The van der Waals surface area contributed by atoms with Gasteiger partial charge >= 0.3 is 6.18 Å². The Morgan fingerprint density at radius 1 is 1.13 bits per heavy atom. The van der Waals surface area contributed by atoms with Gasteiger partial charge in [0.15, 0.2) is 0 Å². The monoisotopic (exact) mass is 462 g/mol. The van der Waals surface area contributed by atoms with E-state index in [1.54, 1.807) is 20.8 Å². The smallest absolute Gasteiger partial charge is 0.425 e. The lowest BCUT2D eigenvalue weighted by atomic mass is 9.95. The second kappa shape index (κ2) is 9.01. The molecule has 2 N–H and O–H groups in total. The number of halogens is 3. The molecule has 0 saturated carbocycles. The topological polar surface area (TPSA) is 99.9 Å². The number of sulfonamides is 1. The van der Waals surface area contributed by atoms with E-state index < -0.39 is 39.9 Å². The molecule has 0 aliphatic carbocycles. The lowest BCUT2D eigenvalue weighted by molar-refractivity contribution is -0.272. The maximum Gasteiger partial charge on any atom is 0.425 e. The van der Waals surface area contributed by atoms with Crippen LogP contribution in [0.4, 0.5) is 18.9 Å². The van der Waals surface area contributed by atoms with Crippen molar-refractivity contribution in [3.8, 4) is 0 Å². The van der Waals surface area contributed by atoms with Gasteiger partial charge in [-0.05, 0) is 43.7 Å². The minimum absolute atomic E-state index is 0.0125. The van der Waals surface area contributed by atoms with Gasteiger partial charge < -0.3 is 14.8 Å². The molecule has 1 atom stereocenters.